The van der Waals surface area contributed by atoms with Crippen LogP contribution in [0.15, 0.2) is 140 Å². The van der Waals surface area contributed by atoms with Gasteiger partial charge in [-0.2, -0.15) is 0 Å². The average molecular weight is 632 g/mol. The van der Waals surface area contributed by atoms with Crippen LogP contribution >= 0.6 is 11.3 Å². The van der Waals surface area contributed by atoms with Crippen molar-refractivity contribution in [3.63, 3.8) is 0 Å². The maximum Gasteiger partial charge on any atom is 0.164 e. The molecule has 0 atom stereocenters. The number of aromatic nitrogens is 3. The van der Waals surface area contributed by atoms with Crippen LogP contribution in [-0.2, 0) is 5.41 Å². The minimum absolute atomic E-state index is 0.114. The van der Waals surface area contributed by atoms with E-state index in [0.717, 1.165) is 16.7 Å². The van der Waals surface area contributed by atoms with Crippen molar-refractivity contribution in [2.45, 2.75) is 19.3 Å². The minimum Gasteiger partial charge on any atom is -0.208 e. The highest BCUT2D eigenvalue weighted by Gasteiger charge is 2.35. The second kappa shape index (κ2) is 10.1. The van der Waals surface area contributed by atoms with Crippen molar-refractivity contribution >= 4 is 53.1 Å². The Bertz CT molecular complexity index is 2760. The molecule has 9 aromatic rings. The number of nitrogens with zero attached hydrogens (tertiary/aromatic N) is 3. The van der Waals surface area contributed by atoms with Crippen LogP contribution in [0.2, 0.25) is 0 Å². The Balaban J connectivity index is 1.19. The van der Waals surface area contributed by atoms with E-state index in [1.807, 2.05) is 29.5 Å². The molecule has 1 aliphatic rings. The van der Waals surface area contributed by atoms with Crippen LogP contribution in [0, 0.1) is 0 Å². The molecular weight excluding hydrogens is 603 g/mol. The predicted molar refractivity (Wildman–Crippen MR) is 202 cm³/mol. The molecule has 0 saturated carbocycles. The zero-order valence-corrected chi connectivity index (χ0v) is 27.3. The SMILES string of the molecule is CC1(C)c2ccccc2-c2ccc(-c3nc(-c4ccccc4)nc(-c4ccc5ccc6ccc7c8ccccc8sc7c6c5c4)n3)cc21. The minimum atomic E-state index is -0.114. The molecule has 3 nitrogen and oxygen atoms in total. The summed E-state index contributed by atoms with van der Waals surface area (Å²) in [7, 11) is 0. The Morgan fingerprint density at radius 2 is 1.08 bits per heavy atom. The highest BCUT2D eigenvalue weighted by atomic mass is 32.1. The molecule has 7 aromatic carbocycles. The van der Waals surface area contributed by atoms with Crippen LogP contribution in [-0.4, -0.2) is 15.0 Å². The first kappa shape index (κ1) is 27.4. The monoisotopic (exact) mass is 631 g/mol. The highest BCUT2D eigenvalue weighted by molar-refractivity contribution is 7.26. The largest absolute Gasteiger partial charge is 0.208 e. The third-order valence-electron chi connectivity index (χ3n) is 10.1. The van der Waals surface area contributed by atoms with Gasteiger partial charge in [-0.25, -0.2) is 15.0 Å². The van der Waals surface area contributed by atoms with E-state index in [-0.39, 0.29) is 5.41 Å². The summed E-state index contributed by atoms with van der Waals surface area (Å²) in [6.07, 6.45) is 0. The smallest absolute Gasteiger partial charge is 0.164 e. The molecule has 2 aromatic heterocycles. The van der Waals surface area contributed by atoms with Crippen LogP contribution in [0.5, 0.6) is 0 Å². The standard InChI is InChI=1S/C44H29N3S/c1-44(2)36-14-8-6-12-31(36)32-22-21-30(25-37(32)44)43-46-41(28-10-4-3-5-11-28)45-42(47-43)29-19-17-26-16-18-27-20-23-34-33-13-7-9-15-38(33)48-40(34)39(27)35(26)24-29/h3-25H,1-2H3. The van der Waals surface area contributed by atoms with Gasteiger partial charge in [-0.15, -0.1) is 11.3 Å². The van der Waals surface area contributed by atoms with Crippen LogP contribution < -0.4 is 0 Å². The molecule has 0 radical (unpaired) electrons. The summed E-state index contributed by atoms with van der Waals surface area (Å²) in [6.45, 7) is 4.62. The molecule has 4 heteroatoms. The van der Waals surface area contributed by atoms with Crippen LogP contribution in [0.1, 0.15) is 25.0 Å². The summed E-state index contributed by atoms with van der Waals surface area (Å²) in [5.41, 5.74) is 8.07. The van der Waals surface area contributed by atoms with E-state index >= 15 is 0 Å². The van der Waals surface area contributed by atoms with E-state index in [9.17, 15) is 0 Å². The van der Waals surface area contributed by atoms with Crippen molar-refractivity contribution in [2.24, 2.45) is 0 Å². The lowest BCUT2D eigenvalue weighted by Crippen LogP contribution is -2.15. The van der Waals surface area contributed by atoms with Gasteiger partial charge in [0.1, 0.15) is 0 Å². The molecule has 0 fully saturated rings. The lowest BCUT2D eigenvalue weighted by atomic mass is 9.82. The molecule has 48 heavy (non-hydrogen) atoms. The fourth-order valence-corrected chi connectivity index (χ4v) is 8.92. The molecule has 0 spiro atoms. The van der Waals surface area contributed by atoms with Crippen molar-refractivity contribution in [1.82, 2.24) is 15.0 Å². The van der Waals surface area contributed by atoms with E-state index < -0.39 is 0 Å². The first-order valence-corrected chi connectivity index (χ1v) is 17.2. The summed E-state index contributed by atoms with van der Waals surface area (Å²) in [6, 6.07) is 50.0. The fourth-order valence-electron chi connectivity index (χ4n) is 7.65. The Morgan fingerprint density at radius 3 is 1.94 bits per heavy atom. The number of thiophene rings is 1. The zero-order chi connectivity index (χ0) is 32.0. The molecule has 226 valence electrons. The molecule has 0 unspecified atom stereocenters. The number of hydrogen-bond donors (Lipinski definition) is 0. The summed E-state index contributed by atoms with van der Waals surface area (Å²) in [5, 5.41) is 7.55. The van der Waals surface area contributed by atoms with E-state index in [0.29, 0.717) is 17.5 Å². The summed E-state index contributed by atoms with van der Waals surface area (Å²) in [5.74, 6) is 2.02. The van der Waals surface area contributed by atoms with Gasteiger partial charge in [0.25, 0.3) is 0 Å². The van der Waals surface area contributed by atoms with Gasteiger partial charge in [0.05, 0.1) is 0 Å². The van der Waals surface area contributed by atoms with Crippen molar-refractivity contribution < 1.29 is 0 Å². The van der Waals surface area contributed by atoms with E-state index in [1.54, 1.807) is 0 Å². The molecule has 10 rings (SSSR count). The quantitative estimate of drug-likeness (QED) is 0.182. The number of benzene rings is 7. The predicted octanol–water partition coefficient (Wildman–Crippen LogP) is 11.9. The van der Waals surface area contributed by atoms with Gasteiger partial charge >= 0.3 is 0 Å². The van der Waals surface area contributed by atoms with E-state index in [4.69, 9.17) is 15.0 Å². The van der Waals surface area contributed by atoms with Gasteiger partial charge in [-0.05, 0) is 56.6 Å². The third kappa shape index (κ3) is 4.03. The number of hydrogen-bond acceptors (Lipinski definition) is 4. The van der Waals surface area contributed by atoms with E-state index in [2.05, 4.69) is 135 Å². The zero-order valence-electron chi connectivity index (χ0n) is 26.5. The van der Waals surface area contributed by atoms with Gasteiger partial charge in [0.15, 0.2) is 17.5 Å². The first-order valence-electron chi connectivity index (χ1n) is 16.4. The molecule has 0 saturated heterocycles. The Hall–Kier alpha value is -5.71. The molecule has 0 amide bonds. The molecule has 1 aliphatic carbocycles. The van der Waals surface area contributed by atoms with Gasteiger partial charge in [-0.3, -0.25) is 0 Å². The normalized spacial score (nSPS) is 13.4. The van der Waals surface area contributed by atoms with Crippen molar-refractivity contribution in [3.8, 4) is 45.3 Å². The van der Waals surface area contributed by atoms with E-state index in [1.165, 1.54) is 64.0 Å². The lowest BCUT2D eigenvalue weighted by Gasteiger charge is -2.21. The summed E-state index contributed by atoms with van der Waals surface area (Å²) < 4.78 is 2.63. The molecule has 0 bridgehead atoms. The molecule has 0 aliphatic heterocycles. The second-order valence-electron chi connectivity index (χ2n) is 13.2. The molecule has 0 N–H and O–H groups in total. The lowest BCUT2D eigenvalue weighted by molar-refractivity contribution is 0.660. The second-order valence-corrected chi connectivity index (χ2v) is 14.3. The van der Waals surface area contributed by atoms with Crippen molar-refractivity contribution in [1.29, 1.82) is 0 Å². The summed E-state index contributed by atoms with van der Waals surface area (Å²) >= 11 is 1.87. The first-order chi connectivity index (χ1) is 23.5. The summed E-state index contributed by atoms with van der Waals surface area (Å²) in [4.78, 5) is 15.4. The molecular formula is C44H29N3S. The number of rotatable bonds is 3. The van der Waals surface area contributed by atoms with Gasteiger partial charge in [0.2, 0.25) is 0 Å². The third-order valence-corrected chi connectivity index (χ3v) is 11.3. The fraction of sp³-hybridized carbons (Fsp3) is 0.0682. The molecule has 2 heterocycles. The topological polar surface area (TPSA) is 38.7 Å². The number of fused-ring (bicyclic) bond motifs is 10. The maximum absolute atomic E-state index is 5.19. The maximum atomic E-state index is 5.19. The van der Waals surface area contributed by atoms with Crippen LogP contribution in [0.3, 0.4) is 0 Å². The van der Waals surface area contributed by atoms with Gasteiger partial charge < -0.3 is 0 Å². The van der Waals surface area contributed by atoms with Crippen molar-refractivity contribution in [2.75, 3.05) is 0 Å². The average Bonchev–Trinajstić information content (AvgIpc) is 3.63. The Labute approximate surface area is 282 Å². The van der Waals surface area contributed by atoms with Gasteiger partial charge in [-0.1, -0.05) is 135 Å². The Morgan fingerprint density at radius 1 is 0.458 bits per heavy atom. The van der Waals surface area contributed by atoms with Crippen LogP contribution in [0.4, 0.5) is 0 Å². The van der Waals surface area contributed by atoms with Gasteiger partial charge in [0, 0.05) is 47.7 Å². The van der Waals surface area contributed by atoms with Crippen molar-refractivity contribution in [3.05, 3.63) is 151 Å². The highest BCUT2D eigenvalue weighted by Crippen LogP contribution is 2.49. The Kier molecular flexibility index (Phi) is 5.79. The van der Waals surface area contributed by atoms with Crippen LogP contribution in [0.25, 0.3) is 87.0 Å².